The number of hydrogen-bond acceptors (Lipinski definition) is 6. The van der Waals surface area contributed by atoms with Gasteiger partial charge in [-0.3, -0.25) is 13.9 Å². The average molecular weight is 623 g/mol. The molecule has 0 saturated carbocycles. The Kier molecular flexibility index (Phi) is 8.14. The molecular weight excluding hydrogens is 588 g/mol. The molecule has 1 unspecified atom stereocenters. The van der Waals surface area contributed by atoms with Crippen molar-refractivity contribution in [2.24, 2.45) is 0 Å². The summed E-state index contributed by atoms with van der Waals surface area (Å²) in [6.45, 7) is 4.66. The van der Waals surface area contributed by atoms with Gasteiger partial charge < -0.3 is 4.57 Å². The van der Waals surface area contributed by atoms with Gasteiger partial charge >= 0.3 is 5.69 Å². The van der Waals surface area contributed by atoms with Crippen molar-refractivity contribution in [3.63, 3.8) is 0 Å². The minimum Gasteiger partial charge on any atom is -0.318 e. The van der Waals surface area contributed by atoms with Gasteiger partial charge in [0.2, 0.25) is 0 Å². The zero-order valence-corrected chi connectivity index (χ0v) is 26.2. The number of nitrogens with one attached hydrogen (secondary N) is 1. The van der Waals surface area contributed by atoms with Crippen molar-refractivity contribution in [2.45, 2.75) is 45.8 Å². The van der Waals surface area contributed by atoms with Gasteiger partial charge in [0.1, 0.15) is 5.82 Å². The average Bonchev–Trinajstić information content (AvgIpc) is 3.78. The van der Waals surface area contributed by atoms with Crippen LogP contribution >= 0.6 is 0 Å². The van der Waals surface area contributed by atoms with Crippen molar-refractivity contribution in [1.29, 1.82) is 0 Å². The summed E-state index contributed by atoms with van der Waals surface area (Å²) in [6, 6.07) is 35.4. The van der Waals surface area contributed by atoms with E-state index < -0.39 is 6.04 Å². The fourth-order valence-corrected chi connectivity index (χ4v) is 6.27. The lowest BCUT2D eigenvalue weighted by Gasteiger charge is -2.18. The quantitative estimate of drug-likeness (QED) is 0.210. The molecule has 1 atom stereocenters. The van der Waals surface area contributed by atoms with E-state index in [1.807, 2.05) is 115 Å². The highest BCUT2D eigenvalue weighted by molar-refractivity contribution is 5.81. The summed E-state index contributed by atoms with van der Waals surface area (Å²) in [4.78, 5) is 33.6. The smallest absolute Gasteiger partial charge is 0.318 e. The zero-order chi connectivity index (χ0) is 32.3. The van der Waals surface area contributed by atoms with Crippen molar-refractivity contribution in [2.75, 3.05) is 0 Å². The summed E-state index contributed by atoms with van der Waals surface area (Å²) in [5, 5.41) is 14.7. The molecular formula is C37H34N8O2. The molecule has 3 heterocycles. The molecule has 7 rings (SSSR count). The molecule has 1 N–H and O–H groups in total. The number of tetrazole rings is 1. The SMILES string of the molecule is CCc1nc2c(c(=O)n(C(C)c3ccccc3)c(=O)n2CCc2ccccc2)n1Cc1ccc(-c2ccccc2)c(-c2nnn[nH]2)c1. The van der Waals surface area contributed by atoms with Crippen LogP contribution in [0, 0.1) is 0 Å². The van der Waals surface area contributed by atoms with Crippen LogP contribution in [0.25, 0.3) is 33.7 Å². The predicted octanol–water partition coefficient (Wildman–Crippen LogP) is 5.67. The maximum absolute atomic E-state index is 14.5. The van der Waals surface area contributed by atoms with Crippen LogP contribution in [-0.2, 0) is 25.9 Å². The number of benzene rings is 4. The van der Waals surface area contributed by atoms with Crippen LogP contribution in [0.2, 0.25) is 0 Å². The highest BCUT2D eigenvalue weighted by atomic mass is 16.2. The van der Waals surface area contributed by atoms with Crippen LogP contribution < -0.4 is 11.2 Å². The van der Waals surface area contributed by atoms with E-state index in [1.54, 1.807) is 4.57 Å². The number of nitrogens with zero attached hydrogens (tertiary/aromatic N) is 7. The van der Waals surface area contributed by atoms with Crippen LogP contribution in [0.5, 0.6) is 0 Å². The highest BCUT2D eigenvalue weighted by Gasteiger charge is 2.24. The monoisotopic (exact) mass is 622 g/mol. The summed E-state index contributed by atoms with van der Waals surface area (Å²) >= 11 is 0. The predicted molar refractivity (Wildman–Crippen MR) is 182 cm³/mol. The Morgan fingerprint density at radius 3 is 2.17 bits per heavy atom. The first kappa shape index (κ1) is 29.8. The van der Waals surface area contributed by atoms with Crippen molar-refractivity contribution in [3.05, 3.63) is 153 Å². The summed E-state index contributed by atoms with van der Waals surface area (Å²) < 4.78 is 5.01. The summed E-state index contributed by atoms with van der Waals surface area (Å²) in [7, 11) is 0. The van der Waals surface area contributed by atoms with Gasteiger partial charge in [-0.15, -0.1) is 5.10 Å². The normalized spacial score (nSPS) is 12.0. The Morgan fingerprint density at radius 1 is 0.787 bits per heavy atom. The van der Waals surface area contributed by atoms with Gasteiger partial charge in [0.25, 0.3) is 5.56 Å². The van der Waals surface area contributed by atoms with Crippen LogP contribution in [0.3, 0.4) is 0 Å². The van der Waals surface area contributed by atoms with Gasteiger partial charge in [0, 0.05) is 25.1 Å². The molecule has 0 radical (unpaired) electrons. The lowest BCUT2D eigenvalue weighted by atomic mass is 9.97. The molecule has 10 nitrogen and oxygen atoms in total. The van der Waals surface area contributed by atoms with E-state index in [0.29, 0.717) is 42.9 Å². The number of aromatic amines is 1. The molecule has 0 bridgehead atoms. The molecule has 0 saturated heterocycles. The Bertz CT molecular complexity index is 2260. The lowest BCUT2D eigenvalue weighted by molar-refractivity contribution is 0.533. The second-order valence-electron chi connectivity index (χ2n) is 11.6. The zero-order valence-electron chi connectivity index (χ0n) is 26.2. The summed E-state index contributed by atoms with van der Waals surface area (Å²) in [5.41, 5.74) is 5.87. The van der Waals surface area contributed by atoms with Gasteiger partial charge in [-0.05, 0) is 57.7 Å². The minimum atomic E-state index is -0.479. The van der Waals surface area contributed by atoms with Crippen LogP contribution in [0.15, 0.2) is 119 Å². The van der Waals surface area contributed by atoms with E-state index in [4.69, 9.17) is 4.98 Å². The van der Waals surface area contributed by atoms with Crippen LogP contribution in [0.1, 0.15) is 42.4 Å². The molecule has 0 aliphatic heterocycles. The van der Waals surface area contributed by atoms with E-state index in [9.17, 15) is 9.59 Å². The topological polar surface area (TPSA) is 116 Å². The van der Waals surface area contributed by atoms with Gasteiger partial charge in [-0.25, -0.2) is 14.9 Å². The van der Waals surface area contributed by atoms with E-state index >= 15 is 0 Å². The second-order valence-corrected chi connectivity index (χ2v) is 11.6. The molecule has 0 fully saturated rings. The van der Waals surface area contributed by atoms with E-state index in [2.05, 4.69) is 32.8 Å². The molecule has 234 valence electrons. The number of hydrogen-bond donors (Lipinski definition) is 1. The maximum atomic E-state index is 14.5. The van der Waals surface area contributed by atoms with Crippen molar-refractivity contribution in [1.82, 2.24) is 39.3 Å². The Morgan fingerprint density at radius 2 is 1.49 bits per heavy atom. The maximum Gasteiger partial charge on any atom is 0.333 e. The fraction of sp³-hybridized carbons (Fsp3) is 0.189. The molecule has 0 aliphatic rings. The largest absolute Gasteiger partial charge is 0.333 e. The van der Waals surface area contributed by atoms with Crippen molar-refractivity contribution in [3.8, 4) is 22.5 Å². The molecule has 10 heteroatoms. The van der Waals surface area contributed by atoms with Crippen molar-refractivity contribution < 1.29 is 0 Å². The number of rotatable bonds is 10. The van der Waals surface area contributed by atoms with Crippen LogP contribution in [0.4, 0.5) is 0 Å². The number of aryl methyl sites for hydroxylation is 3. The molecule has 47 heavy (non-hydrogen) atoms. The van der Waals surface area contributed by atoms with E-state index in [0.717, 1.165) is 39.2 Å². The van der Waals surface area contributed by atoms with Crippen molar-refractivity contribution >= 4 is 11.2 Å². The summed E-state index contributed by atoms with van der Waals surface area (Å²) in [6.07, 6.45) is 1.20. The molecule has 7 aromatic rings. The van der Waals surface area contributed by atoms with Gasteiger partial charge in [-0.2, -0.15) is 0 Å². The Balaban J connectivity index is 1.40. The molecule has 0 amide bonds. The number of aromatic nitrogens is 8. The Labute approximate surface area is 271 Å². The Hall–Kier alpha value is -5.90. The van der Waals surface area contributed by atoms with E-state index in [-0.39, 0.29) is 11.2 Å². The highest BCUT2D eigenvalue weighted by Crippen LogP contribution is 2.31. The second kappa shape index (κ2) is 12.8. The van der Waals surface area contributed by atoms with Gasteiger partial charge in [0.15, 0.2) is 17.0 Å². The van der Waals surface area contributed by atoms with Gasteiger partial charge in [0.05, 0.1) is 6.04 Å². The molecule has 0 aliphatic carbocycles. The third-order valence-electron chi connectivity index (χ3n) is 8.70. The first-order valence-corrected chi connectivity index (χ1v) is 15.8. The third-order valence-corrected chi connectivity index (χ3v) is 8.70. The standard InChI is InChI=1S/C37H34N8O2/c1-3-32-38-35-33(44(32)24-27-19-20-30(29-17-11-6-12-18-29)31(23-27)34-39-41-42-40-34)36(46)45(25(2)28-15-9-5-10-16-28)37(47)43(35)22-21-26-13-7-4-8-14-26/h4-20,23,25H,3,21-22,24H2,1-2H3,(H,39,40,41,42). The number of fused-ring (bicyclic) bond motifs is 1. The first-order chi connectivity index (χ1) is 23.0. The number of H-pyrrole nitrogens is 1. The van der Waals surface area contributed by atoms with Gasteiger partial charge in [-0.1, -0.05) is 110 Å². The minimum absolute atomic E-state index is 0.356. The van der Waals surface area contributed by atoms with Crippen LogP contribution in [-0.4, -0.2) is 39.3 Å². The molecule has 3 aromatic heterocycles. The lowest BCUT2D eigenvalue weighted by Crippen LogP contribution is -2.42. The summed E-state index contributed by atoms with van der Waals surface area (Å²) in [5.74, 6) is 1.27. The number of imidazole rings is 1. The third kappa shape index (κ3) is 5.69. The van der Waals surface area contributed by atoms with E-state index in [1.165, 1.54) is 4.57 Å². The molecule has 0 spiro atoms. The fourth-order valence-electron chi connectivity index (χ4n) is 6.27. The molecule has 4 aromatic carbocycles. The first-order valence-electron chi connectivity index (χ1n) is 15.8.